The van der Waals surface area contributed by atoms with Crippen molar-refractivity contribution in [3.63, 3.8) is 0 Å². The summed E-state index contributed by atoms with van der Waals surface area (Å²) in [6.45, 7) is 4.19. The molecule has 5 rings (SSSR count). The molecule has 5 aromatic rings. The van der Waals surface area contributed by atoms with E-state index in [9.17, 15) is 4.79 Å². The fourth-order valence-corrected chi connectivity index (χ4v) is 5.10. The van der Waals surface area contributed by atoms with E-state index in [0.717, 1.165) is 27.7 Å². The molecule has 0 amide bonds. The number of hydrogen-bond donors (Lipinski definition) is 0. The Kier molecular flexibility index (Phi) is 6.09. The molecule has 170 valence electrons. The minimum absolute atomic E-state index is 0.0861. The van der Waals surface area contributed by atoms with Crippen molar-refractivity contribution in [1.82, 2.24) is 9.38 Å². The van der Waals surface area contributed by atoms with Crippen LogP contribution in [0.5, 0.6) is 11.5 Å². The third-order valence-corrected chi connectivity index (χ3v) is 6.85. The van der Waals surface area contributed by atoms with Crippen LogP contribution in [0.4, 0.5) is 0 Å². The second kappa shape index (κ2) is 9.33. The highest BCUT2D eigenvalue weighted by molar-refractivity contribution is 7.15. The van der Waals surface area contributed by atoms with Crippen molar-refractivity contribution in [2.24, 2.45) is 0 Å². The van der Waals surface area contributed by atoms with E-state index < -0.39 is 0 Å². The van der Waals surface area contributed by atoms with Crippen LogP contribution in [-0.4, -0.2) is 16.5 Å². The number of nitrogens with zero attached hydrogens (tertiary/aromatic N) is 2. The summed E-state index contributed by atoms with van der Waals surface area (Å²) in [5.74, 6) is 1.21. The number of rotatable bonds is 7. The molecule has 7 heteroatoms. The van der Waals surface area contributed by atoms with Gasteiger partial charge in [-0.05, 0) is 48.4 Å². The molecule has 0 saturated heterocycles. The van der Waals surface area contributed by atoms with Gasteiger partial charge in [-0.1, -0.05) is 59.3 Å². The van der Waals surface area contributed by atoms with Crippen LogP contribution in [0.25, 0.3) is 22.1 Å². The Labute approximate surface area is 205 Å². The fraction of sp³-hybridized carbons (Fsp3) is 0.111. The summed E-state index contributed by atoms with van der Waals surface area (Å²) in [6, 6.07) is 19.1. The van der Waals surface area contributed by atoms with Crippen LogP contribution in [0.2, 0.25) is 5.02 Å². The maximum absolute atomic E-state index is 13.1. The second-order valence-corrected chi connectivity index (χ2v) is 9.13. The van der Waals surface area contributed by atoms with E-state index >= 15 is 0 Å². The lowest BCUT2D eigenvalue weighted by atomic mass is 10.1. The van der Waals surface area contributed by atoms with Gasteiger partial charge in [0.1, 0.15) is 6.61 Å². The molecule has 0 radical (unpaired) electrons. The van der Waals surface area contributed by atoms with E-state index in [1.807, 2.05) is 72.8 Å². The van der Waals surface area contributed by atoms with Gasteiger partial charge in [0.2, 0.25) is 0 Å². The van der Waals surface area contributed by atoms with E-state index in [-0.39, 0.29) is 5.56 Å². The van der Waals surface area contributed by atoms with Gasteiger partial charge in [-0.2, -0.15) is 0 Å². The molecule has 3 aromatic carbocycles. The Balaban J connectivity index is 1.57. The number of thiazole rings is 1. The molecule has 0 spiro atoms. The first-order valence-electron chi connectivity index (χ1n) is 10.7. The predicted molar refractivity (Wildman–Crippen MR) is 138 cm³/mol. The average molecular weight is 489 g/mol. The zero-order chi connectivity index (χ0) is 23.7. The van der Waals surface area contributed by atoms with E-state index in [1.165, 1.54) is 11.3 Å². The van der Waals surface area contributed by atoms with Crippen molar-refractivity contribution in [2.45, 2.75) is 13.0 Å². The largest absolute Gasteiger partial charge is 0.493 e. The lowest BCUT2D eigenvalue weighted by molar-refractivity contribution is 0.282. The first-order chi connectivity index (χ1) is 16.6. The van der Waals surface area contributed by atoms with Crippen LogP contribution in [0, 0.1) is 0 Å². The molecule has 0 atom stereocenters. The number of imidazole rings is 1. The first-order valence-corrected chi connectivity index (χ1v) is 11.9. The van der Waals surface area contributed by atoms with Gasteiger partial charge in [0.05, 0.1) is 22.7 Å². The molecule has 0 aliphatic heterocycles. The summed E-state index contributed by atoms with van der Waals surface area (Å²) in [5.41, 5.74) is 4.17. The van der Waals surface area contributed by atoms with Gasteiger partial charge >= 0.3 is 0 Å². The summed E-state index contributed by atoms with van der Waals surface area (Å²) in [5, 5.41) is 0.648. The summed E-state index contributed by atoms with van der Waals surface area (Å²) in [4.78, 5) is 18.4. The van der Waals surface area contributed by atoms with Crippen LogP contribution in [0.15, 0.2) is 78.1 Å². The zero-order valence-corrected chi connectivity index (χ0v) is 20.0. The van der Waals surface area contributed by atoms with Gasteiger partial charge in [-0.3, -0.25) is 4.79 Å². The quantitative estimate of drug-likeness (QED) is 0.287. The van der Waals surface area contributed by atoms with Crippen LogP contribution in [0.1, 0.15) is 16.7 Å². The third kappa shape index (κ3) is 4.06. The van der Waals surface area contributed by atoms with Gasteiger partial charge in [0, 0.05) is 16.1 Å². The number of hydrogen-bond acceptors (Lipinski definition) is 5. The summed E-state index contributed by atoms with van der Waals surface area (Å²) < 4.78 is 14.1. The Hall–Kier alpha value is -3.61. The Morgan fingerprint density at radius 3 is 2.71 bits per heavy atom. The predicted octanol–water partition coefficient (Wildman–Crippen LogP) is 5.43. The number of methoxy groups -OCH3 is 1. The van der Waals surface area contributed by atoms with Crippen LogP contribution in [0.3, 0.4) is 0 Å². The maximum Gasteiger partial charge on any atom is 0.274 e. The molecule has 0 aliphatic rings. The van der Waals surface area contributed by atoms with Gasteiger partial charge in [-0.25, -0.2) is 9.38 Å². The molecular weight excluding hydrogens is 468 g/mol. The minimum atomic E-state index is -0.0861. The Bertz CT molecular complexity index is 1640. The number of aromatic nitrogens is 2. The van der Waals surface area contributed by atoms with Gasteiger partial charge in [-0.15, -0.1) is 6.58 Å². The first kappa shape index (κ1) is 22.2. The van der Waals surface area contributed by atoms with E-state index in [4.69, 9.17) is 21.1 Å². The highest BCUT2D eigenvalue weighted by atomic mass is 35.5. The molecule has 2 heterocycles. The molecule has 0 aliphatic carbocycles. The highest BCUT2D eigenvalue weighted by Crippen LogP contribution is 2.35. The number of fused-ring (bicyclic) bond motifs is 3. The molecule has 0 saturated carbocycles. The molecule has 0 unspecified atom stereocenters. The van der Waals surface area contributed by atoms with Crippen molar-refractivity contribution >= 4 is 45.0 Å². The third-order valence-electron chi connectivity index (χ3n) is 5.51. The van der Waals surface area contributed by atoms with Crippen molar-refractivity contribution < 1.29 is 9.47 Å². The van der Waals surface area contributed by atoms with Crippen LogP contribution < -0.4 is 19.6 Å². The molecule has 0 N–H and O–H groups in total. The van der Waals surface area contributed by atoms with Crippen molar-refractivity contribution in [3.8, 4) is 11.5 Å². The summed E-state index contributed by atoms with van der Waals surface area (Å²) in [6.07, 6.45) is 4.26. The standard InChI is InChI=1S/C27H21ClN2O3S/c1-3-8-18-13-17(14-23(32-2)25(18)33-16-19-9-4-5-10-20(19)28)15-24-26(31)30-22-12-7-6-11-21(22)29-27(30)34-24/h3-7,9-15H,1,8,16H2,2H3/b24-15-. The second-order valence-electron chi connectivity index (χ2n) is 7.72. The SMILES string of the molecule is C=CCc1cc(/C=c2\sc3nc4ccccc4n3c2=O)cc(OC)c1OCc1ccccc1Cl. The monoisotopic (exact) mass is 488 g/mol. The number of allylic oxidation sites excluding steroid dienone is 1. The molecule has 34 heavy (non-hydrogen) atoms. The molecular formula is C27H21ClN2O3S. The average Bonchev–Trinajstić information content (AvgIpc) is 3.35. The Morgan fingerprint density at radius 2 is 1.91 bits per heavy atom. The number of para-hydroxylation sites is 2. The smallest absolute Gasteiger partial charge is 0.274 e. The number of ether oxygens (including phenoxy) is 2. The summed E-state index contributed by atoms with van der Waals surface area (Å²) >= 11 is 7.66. The van der Waals surface area contributed by atoms with Gasteiger partial charge in [0.15, 0.2) is 16.5 Å². The minimum Gasteiger partial charge on any atom is -0.493 e. The van der Waals surface area contributed by atoms with Crippen molar-refractivity contribution in [2.75, 3.05) is 7.11 Å². The van der Waals surface area contributed by atoms with Crippen LogP contribution >= 0.6 is 22.9 Å². The van der Waals surface area contributed by atoms with E-state index in [0.29, 0.717) is 39.0 Å². The normalized spacial score (nSPS) is 11.9. The van der Waals surface area contributed by atoms with E-state index in [2.05, 4.69) is 11.6 Å². The van der Waals surface area contributed by atoms with Crippen molar-refractivity contribution in [1.29, 1.82) is 0 Å². The van der Waals surface area contributed by atoms with Gasteiger partial charge in [0.25, 0.3) is 5.56 Å². The molecule has 0 fully saturated rings. The molecule has 5 nitrogen and oxygen atoms in total. The van der Waals surface area contributed by atoms with E-state index in [1.54, 1.807) is 11.5 Å². The molecule has 2 aromatic heterocycles. The van der Waals surface area contributed by atoms with Crippen LogP contribution in [-0.2, 0) is 13.0 Å². The maximum atomic E-state index is 13.1. The zero-order valence-electron chi connectivity index (χ0n) is 18.5. The topological polar surface area (TPSA) is 52.8 Å². The highest BCUT2D eigenvalue weighted by Gasteiger charge is 2.15. The van der Waals surface area contributed by atoms with Crippen molar-refractivity contribution in [3.05, 3.63) is 110 Å². The Morgan fingerprint density at radius 1 is 1.12 bits per heavy atom. The fourth-order valence-electron chi connectivity index (χ4n) is 3.92. The number of benzene rings is 3. The number of halogens is 1. The molecule has 0 bridgehead atoms. The lowest BCUT2D eigenvalue weighted by Crippen LogP contribution is -2.22. The van der Waals surface area contributed by atoms with Gasteiger partial charge < -0.3 is 9.47 Å². The summed E-state index contributed by atoms with van der Waals surface area (Å²) in [7, 11) is 1.60. The lowest BCUT2D eigenvalue weighted by Gasteiger charge is -2.16.